The van der Waals surface area contributed by atoms with Crippen LogP contribution in [0.25, 0.3) is 10.4 Å². The second-order valence-corrected chi connectivity index (χ2v) is 18.9. The van der Waals surface area contributed by atoms with Gasteiger partial charge in [0, 0.05) is 25.0 Å². The van der Waals surface area contributed by atoms with Gasteiger partial charge in [0.25, 0.3) is 0 Å². The molecule has 8 atom stereocenters. The summed E-state index contributed by atoms with van der Waals surface area (Å²) in [6.45, 7) is 21.8. The lowest BCUT2D eigenvalue weighted by molar-refractivity contribution is -0.155. The van der Waals surface area contributed by atoms with Crippen LogP contribution in [0.3, 0.4) is 0 Å². The molecule has 200 valence electrons. The summed E-state index contributed by atoms with van der Waals surface area (Å²) in [5, 5.41) is 4.33. The van der Waals surface area contributed by atoms with Crippen LogP contribution in [0.15, 0.2) is 5.11 Å². The molecule has 0 radical (unpaired) electrons. The molecule has 3 aliphatic rings. The number of hydrogen-bond acceptors (Lipinski definition) is 4. The van der Waals surface area contributed by atoms with E-state index in [4.69, 9.17) is 9.16 Å². The summed E-state index contributed by atoms with van der Waals surface area (Å²) < 4.78 is 12.6. The topological polar surface area (TPSA) is 84.3 Å². The Hall–Kier alpha value is -1.04. The fourth-order valence-corrected chi connectivity index (χ4v) is 8.80. The van der Waals surface area contributed by atoms with Gasteiger partial charge in [-0.15, -0.1) is 0 Å². The zero-order valence-electron chi connectivity index (χ0n) is 23.9. The van der Waals surface area contributed by atoms with E-state index in [2.05, 4.69) is 64.7 Å². The lowest BCUT2D eigenvalue weighted by atomic mass is 9.49. The highest BCUT2D eigenvalue weighted by molar-refractivity contribution is 6.74. The average Bonchev–Trinajstić information content (AvgIpc) is 3.06. The molecule has 0 aromatic heterocycles. The van der Waals surface area contributed by atoms with Crippen molar-refractivity contribution < 1.29 is 14.0 Å². The quantitative estimate of drug-likeness (QED) is 0.115. The number of esters is 1. The molecular formula is C28H51N3O3Si. The largest absolute Gasteiger partial charge is 0.463 e. The first-order chi connectivity index (χ1) is 16.2. The second-order valence-electron chi connectivity index (χ2n) is 14.1. The highest BCUT2D eigenvalue weighted by Gasteiger charge is 2.57. The van der Waals surface area contributed by atoms with Gasteiger partial charge in [0.2, 0.25) is 0 Å². The summed E-state index contributed by atoms with van der Waals surface area (Å²) in [7, 11) is -1.91. The minimum absolute atomic E-state index is 0.0236. The Balaban J connectivity index is 1.92. The van der Waals surface area contributed by atoms with Crippen LogP contribution in [-0.2, 0) is 14.0 Å². The average molecular weight is 506 g/mol. The molecule has 35 heavy (non-hydrogen) atoms. The smallest absolute Gasteiger partial charge is 0.302 e. The van der Waals surface area contributed by atoms with Crippen molar-refractivity contribution in [3.05, 3.63) is 10.4 Å². The number of carbonyl (C=O) groups excluding carboxylic acids is 1. The summed E-state index contributed by atoms with van der Waals surface area (Å²) in [6, 6.07) is 0. The standard InChI is InChI=1S/C28H51N3O3Si/c1-19-10-11-24-23(17-30-31-29)25(13-15-27(19,24)6)28(7)14-12-22(34-20(2)32)16-21(28)18-33-35(8,9)26(3,4)5/h19,21-25H,10-18H2,1-9H3/t19-,21+,22-,23-,24-,25-,27+,28-/m0/s1. The molecule has 0 N–H and O–H groups in total. The fraction of sp³-hybridized carbons (Fsp3) is 0.964. The molecular weight excluding hydrogens is 454 g/mol. The third kappa shape index (κ3) is 5.62. The molecule has 3 saturated carbocycles. The van der Waals surface area contributed by atoms with Gasteiger partial charge in [-0.05, 0) is 109 Å². The SMILES string of the molecule is CC(=O)O[C@H]1CC[C@](C)([C@H]2CC[C@]3(C)[C@@H](C)CC[C@H]3[C@@H]2CN=[N+]=[N-])[C@@H](CO[Si](C)(C)C(C)(C)C)C1. The molecule has 0 amide bonds. The van der Waals surface area contributed by atoms with Crippen molar-refractivity contribution in [2.24, 2.45) is 45.5 Å². The fourth-order valence-electron chi connectivity index (χ4n) is 7.75. The van der Waals surface area contributed by atoms with Crippen LogP contribution in [0.2, 0.25) is 18.1 Å². The molecule has 0 aromatic carbocycles. The molecule has 0 unspecified atom stereocenters. The minimum atomic E-state index is -1.91. The van der Waals surface area contributed by atoms with E-state index in [9.17, 15) is 10.3 Å². The first-order valence-corrected chi connectivity index (χ1v) is 16.9. The minimum Gasteiger partial charge on any atom is -0.463 e. The van der Waals surface area contributed by atoms with Crippen molar-refractivity contribution in [3.63, 3.8) is 0 Å². The Morgan fingerprint density at radius 2 is 1.71 bits per heavy atom. The number of carbonyl (C=O) groups is 1. The maximum atomic E-state index is 11.8. The highest BCUT2D eigenvalue weighted by Crippen LogP contribution is 2.64. The molecule has 7 heteroatoms. The van der Waals surface area contributed by atoms with Gasteiger partial charge in [0.15, 0.2) is 8.32 Å². The van der Waals surface area contributed by atoms with Crippen molar-refractivity contribution in [1.29, 1.82) is 0 Å². The molecule has 3 rings (SSSR count). The van der Waals surface area contributed by atoms with Crippen molar-refractivity contribution in [1.82, 2.24) is 0 Å². The number of nitrogens with zero attached hydrogens (tertiary/aromatic N) is 3. The Kier molecular flexibility index (Phi) is 8.46. The lowest BCUT2D eigenvalue weighted by Gasteiger charge is -2.57. The first-order valence-electron chi connectivity index (χ1n) is 14.0. The zero-order chi connectivity index (χ0) is 26.2. The third-order valence-electron chi connectivity index (χ3n) is 11.4. The number of fused-ring (bicyclic) bond motifs is 1. The van der Waals surface area contributed by atoms with E-state index >= 15 is 0 Å². The van der Waals surface area contributed by atoms with E-state index < -0.39 is 8.32 Å². The molecule has 3 fully saturated rings. The van der Waals surface area contributed by atoms with Crippen LogP contribution in [0.5, 0.6) is 0 Å². The van der Waals surface area contributed by atoms with E-state index in [1.807, 2.05) is 0 Å². The van der Waals surface area contributed by atoms with E-state index in [0.29, 0.717) is 35.6 Å². The summed E-state index contributed by atoms with van der Waals surface area (Å²) >= 11 is 0. The van der Waals surface area contributed by atoms with Gasteiger partial charge in [-0.1, -0.05) is 46.7 Å². The predicted octanol–water partition coefficient (Wildman–Crippen LogP) is 8.14. The van der Waals surface area contributed by atoms with Gasteiger partial charge in [0.1, 0.15) is 6.10 Å². The highest BCUT2D eigenvalue weighted by atomic mass is 28.4. The van der Waals surface area contributed by atoms with Crippen LogP contribution in [0.1, 0.15) is 93.4 Å². The number of hydrogen-bond donors (Lipinski definition) is 0. The van der Waals surface area contributed by atoms with Crippen LogP contribution in [0, 0.1) is 40.4 Å². The number of azide groups is 1. The van der Waals surface area contributed by atoms with Gasteiger partial charge in [-0.25, -0.2) is 0 Å². The van der Waals surface area contributed by atoms with E-state index in [0.717, 1.165) is 31.8 Å². The van der Waals surface area contributed by atoms with Crippen molar-refractivity contribution in [3.8, 4) is 0 Å². The van der Waals surface area contributed by atoms with E-state index in [1.165, 1.54) is 32.6 Å². The molecule has 0 aliphatic heterocycles. The summed E-state index contributed by atoms with van der Waals surface area (Å²) in [6.07, 6.45) is 7.77. The van der Waals surface area contributed by atoms with Gasteiger partial charge >= 0.3 is 5.97 Å². The Morgan fingerprint density at radius 1 is 1.09 bits per heavy atom. The molecule has 0 spiro atoms. The first kappa shape index (κ1) is 28.5. The van der Waals surface area contributed by atoms with E-state index in [-0.39, 0.29) is 22.5 Å². The van der Waals surface area contributed by atoms with Crippen LogP contribution >= 0.6 is 0 Å². The lowest BCUT2D eigenvalue weighted by Crippen LogP contribution is -2.53. The monoisotopic (exact) mass is 505 g/mol. The molecule has 0 heterocycles. The predicted molar refractivity (Wildman–Crippen MR) is 144 cm³/mol. The summed E-state index contributed by atoms with van der Waals surface area (Å²) in [4.78, 5) is 15.0. The van der Waals surface area contributed by atoms with Gasteiger partial charge < -0.3 is 9.16 Å². The maximum absolute atomic E-state index is 11.8. The molecule has 6 nitrogen and oxygen atoms in total. The van der Waals surface area contributed by atoms with Crippen LogP contribution < -0.4 is 0 Å². The molecule has 3 aliphatic carbocycles. The van der Waals surface area contributed by atoms with E-state index in [1.54, 1.807) is 0 Å². The van der Waals surface area contributed by atoms with Gasteiger partial charge in [0.05, 0.1) is 0 Å². The molecule has 0 aromatic rings. The Morgan fingerprint density at radius 3 is 2.31 bits per heavy atom. The number of rotatable bonds is 7. The Bertz CT molecular complexity index is 821. The van der Waals surface area contributed by atoms with Gasteiger partial charge in [-0.3, -0.25) is 4.79 Å². The number of ether oxygens (including phenoxy) is 1. The van der Waals surface area contributed by atoms with Crippen molar-refractivity contribution in [2.45, 2.75) is 118 Å². The van der Waals surface area contributed by atoms with Crippen molar-refractivity contribution in [2.75, 3.05) is 13.2 Å². The normalized spacial score (nSPS) is 40.0. The van der Waals surface area contributed by atoms with Crippen LogP contribution in [0.4, 0.5) is 0 Å². The molecule has 0 saturated heterocycles. The summed E-state index contributed by atoms with van der Waals surface area (Å²) in [5.74, 6) is 2.41. The second kappa shape index (κ2) is 10.4. The summed E-state index contributed by atoms with van der Waals surface area (Å²) in [5.41, 5.74) is 9.67. The third-order valence-corrected chi connectivity index (χ3v) is 15.9. The van der Waals surface area contributed by atoms with Gasteiger partial charge in [-0.2, -0.15) is 0 Å². The van der Waals surface area contributed by atoms with Crippen molar-refractivity contribution >= 4 is 14.3 Å². The van der Waals surface area contributed by atoms with Crippen LogP contribution in [-0.4, -0.2) is 33.5 Å². The molecule has 0 bridgehead atoms. The maximum Gasteiger partial charge on any atom is 0.302 e. The zero-order valence-corrected chi connectivity index (χ0v) is 24.9. The Labute approximate surface area is 215 Å².